The van der Waals surface area contributed by atoms with Crippen LogP contribution < -0.4 is 24.8 Å². The molecule has 0 aliphatic rings. The highest BCUT2D eigenvalue weighted by Gasteiger charge is 2.16. The van der Waals surface area contributed by atoms with Gasteiger partial charge in [-0.05, 0) is 24.3 Å². The SMILES string of the molecule is CNC(=O)C(C#N)=c1sc(=Cc2ccccc2OC)c(=O)n1-c1ccccc1. The van der Waals surface area contributed by atoms with Gasteiger partial charge in [0.05, 0.1) is 17.3 Å². The molecule has 3 rings (SSSR count). The molecule has 0 saturated carbocycles. The Labute approximate surface area is 165 Å². The van der Waals surface area contributed by atoms with E-state index in [4.69, 9.17) is 4.74 Å². The number of nitriles is 1. The van der Waals surface area contributed by atoms with E-state index in [0.29, 0.717) is 16.0 Å². The van der Waals surface area contributed by atoms with Crippen LogP contribution in [0.1, 0.15) is 5.56 Å². The van der Waals surface area contributed by atoms with E-state index < -0.39 is 5.91 Å². The van der Waals surface area contributed by atoms with Crippen molar-refractivity contribution in [1.82, 2.24) is 9.88 Å². The highest BCUT2D eigenvalue weighted by molar-refractivity contribution is 7.07. The average molecular weight is 391 g/mol. The van der Waals surface area contributed by atoms with Gasteiger partial charge in [-0.3, -0.25) is 14.2 Å². The molecule has 7 heteroatoms. The van der Waals surface area contributed by atoms with Gasteiger partial charge in [-0.2, -0.15) is 5.26 Å². The van der Waals surface area contributed by atoms with Crippen LogP contribution in [0.4, 0.5) is 0 Å². The van der Waals surface area contributed by atoms with Gasteiger partial charge in [0.2, 0.25) is 0 Å². The Bertz CT molecular complexity index is 1230. The quantitative estimate of drug-likeness (QED) is 0.723. The molecule has 1 amide bonds. The van der Waals surface area contributed by atoms with Crippen molar-refractivity contribution >= 4 is 28.9 Å². The summed E-state index contributed by atoms with van der Waals surface area (Å²) in [5.74, 6) is 0.0798. The number of hydrogen-bond donors (Lipinski definition) is 1. The first-order valence-corrected chi connectivity index (χ1v) is 9.21. The molecule has 0 bridgehead atoms. The van der Waals surface area contributed by atoms with E-state index in [0.717, 1.165) is 16.9 Å². The largest absolute Gasteiger partial charge is 0.496 e. The van der Waals surface area contributed by atoms with Gasteiger partial charge < -0.3 is 10.1 Å². The van der Waals surface area contributed by atoms with E-state index in [1.54, 1.807) is 43.5 Å². The number of para-hydroxylation sites is 2. The number of nitrogens with zero attached hydrogens (tertiary/aromatic N) is 2. The zero-order chi connectivity index (χ0) is 20.1. The molecule has 1 aromatic heterocycles. The van der Waals surface area contributed by atoms with Crippen LogP contribution in [0.25, 0.3) is 17.3 Å². The molecule has 6 nitrogen and oxygen atoms in total. The van der Waals surface area contributed by atoms with Gasteiger partial charge >= 0.3 is 0 Å². The summed E-state index contributed by atoms with van der Waals surface area (Å²) in [5.41, 5.74) is 0.880. The molecule has 1 N–H and O–H groups in total. The van der Waals surface area contributed by atoms with E-state index in [1.807, 2.05) is 30.3 Å². The van der Waals surface area contributed by atoms with Gasteiger partial charge in [0.1, 0.15) is 16.5 Å². The molecule has 0 radical (unpaired) electrons. The van der Waals surface area contributed by atoms with Crippen LogP contribution in [0.15, 0.2) is 59.4 Å². The fraction of sp³-hybridized carbons (Fsp3) is 0.0952. The predicted molar refractivity (Wildman–Crippen MR) is 109 cm³/mol. The number of amides is 1. The average Bonchev–Trinajstić information content (AvgIpc) is 3.05. The predicted octanol–water partition coefficient (Wildman–Crippen LogP) is 1.16. The van der Waals surface area contributed by atoms with Gasteiger partial charge in [0.25, 0.3) is 11.5 Å². The normalized spacial score (nSPS) is 12.2. The molecule has 28 heavy (non-hydrogen) atoms. The van der Waals surface area contributed by atoms with Crippen LogP contribution >= 0.6 is 11.3 Å². The number of carbonyl (C=O) groups is 1. The van der Waals surface area contributed by atoms with E-state index in [-0.39, 0.29) is 15.8 Å². The number of thiazole rings is 1. The molecule has 0 saturated heterocycles. The number of carbonyl (C=O) groups excluding carboxylic acids is 1. The van der Waals surface area contributed by atoms with Crippen LogP contribution in [0.5, 0.6) is 5.75 Å². The minimum Gasteiger partial charge on any atom is -0.496 e. The zero-order valence-corrected chi connectivity index (χ0v) is 16.1. The lowest BCUT2D eigenvalue weighted by Crippen LogP contribution is -2.33. The number of nitrogens with one attached hydrogen (secondary N) is 1. The zero-order valence-electron chi connectivity index (χ0n) is 15.3. The number of rotatable bonds is 4. The van der Waals surface area contributed by atoms with E-state index >= 15 is 0 Å². The number of benzene rings is 2. The Hall–Kier alpha value is -3.63. The maximum Gasteiger partial charge on any atom is 0.273 e. The molecule has 140 valence electrons. The van der Waals surface area contributed by atoms with Crippen molar-refractivity contribution in [1.29, 1.82) is 5.26 Å². The second kappa shape index (κ2) is 8.37. The third-order valence-electron chi connectivity index (χ3n) is 4.04. The summed E-state index contributed by atoms with van der Waals surface area (Å²) in [4.78, 5) is 25.4. The van der Waals surface area contributed by atoms with Gasteiger partial charge in [-0.15, -0.1) is 11.3 Å². The minimum absolute atomic E-state index is 0.117. The molecule has 0 aliphatic heterocycles. The third kappa shape index (κ3) is 3.59. The minimum atomic E-state index is -0.544. The van der Waals surface area contributed by atoms with Crippen LogP contribution in [0.3, 0.4) is 0 Å². The standard InChI is InChI=1S/C21H17N3O3S/c1-23-19(25)16(13-22)21-24(15-9-4-3-5-10-15)20(26)18(28-21)12-14-8-6-7-11-17(14)27-2/h3-12H,1-2H3,(H,23,25). The van der Waals surface area contributed by atoms with Crippen molar-refractivity contribution in [2.75, 3.05) is 14.2 Å². The molecule has 0 spiro atoms. The van der Waals surface area contributed by atoms with Crippen LogP contribution in [0.2, 0.25) is 0 Å². The molecule has 3 aromatic rings. The molecular weight excluding hydrogens is 374 g/mol. The summed E-state index contributed by atoms with van der Waals surface area (Å²) in [6.45, 7) is 0. The van der Waals surface area contributed by atoms with Crippen molar-refractivity contribution in [3.05, 3.63) is 79.7 Å². The molecule has 0 fully saturated rings. The number of hydrogen-bond acceptors (Lipinski definition) is 5. The molecule has 0 atom stereocenters. The van der Waals surface area contributed by atoms with Crippen LogP contribution in [0, 0.1) is 11.3 Å². The summed E-state index contributed by atoms with van der Waals surface area (Å²) in [5, 5.41) is 12.0. The number of aromatic nitrogens is 1. The monoisotopic (exact) mass is 391 g/mol. The lowest BCUT2D eigenvalue weighted by atomic mass is 10.2. The summed E-state index contributed by atoms with van der Waals surface area (Å²) in [6.07, 6.45) is 1.70. The second-order valence-corrected chi connectivity index (χ2v) is 6.73. The lowest BCUT2D eigenvalue weighted by Gasteiger charge is -2.03. The van der Waals surface area contributed by atoms with Gasteiger partial charge in [0.15, 0.2) is 5.57 Å². The topological polar surface area (TPSA) is 84.1 Å². The van der Waals surface area contributed by atoms with E-state index in [1.165, 1.54) is 11.6 Å². The first kappa shape index (κ1) is 19.1. The fourth-order valence-corrected chi connectivity index (χ4v) is 3.80. The third-order valence-corrected chi connectivity index (χ3v) is 5.14. The van der Waals surface area contributed by atoms with Crippen LogP contribution in [-0.4, -0.2) is 24.6 Å². The number of ether oxygens (including phenoxy) is 1. The first-order chi connectivity index (χ1) is 13.6. The Kier molecular flexibility index (Phi) is 5.72. The summed E-state index contributed by atoms with van der Waals surface area (Å²) in [6, 6.07) is 18.2. The summed E-state index contributed by atoms with van der Waals surface area (Å²) >= 11 is 1.09. The molecular formula is C21H17N3O3S. The van der Waals surface area contributed by atoms with E-state index in [2.05, 4.69) is 5.32 Å². The highest BCUT2D eigenvalue weighted by Crippen LogP contribution is 2.17. The van der Waals surface area contributed by atoms with Crippen molar-refractivity contribution in [2.45, 2.75) is 0 Å². The van der Waals surface area contributed by atoms with Crippen LogP contribution in [-0.2, 0) is 4.79 Å². The maximum absolute atomic E-state index is 13.2. The van der Waals surface area contributed by atoms with Gasteiger partial charge in [-0.25, -0.2) is 0 Å². The highest BCUT2D eigenvalue weighted by atomic mass is 32.1. The molecule has 2 aromatic carbocycles. The smallest absolute Gasteiger partial charge is 0.273 e. The van der Waals surface area contributed by atoms with Crippen molar-refractivity contribution in [2.24, 2.45) is 0 Å². The van der Waals surface area contributed by atoms with Crippen molar-refractivity contribution in [3.63, 3.8) is 0 Å². The molecule has 0 unspecified atom stereocenters. The van der Waals surface area contributed by atoms with Gasteiger partial charge in [-0.1, -0.05) is 36.4 Å². The fourth-order valence-electron chi connectivity index (χ4n) is 2.71. The van der Waals surface area contributed by atoms with E-state index in [9.17, 15) is 14.9 Å². The summed E-state index contributed by atoms with van der Waals surface area (Å²) in [7, 11) is 3.00. The van der Waals surface area contributed by atoms with Gasteiger partial charge in [0, 0.05) is 12.6 Å². The number of methoxy groups -OCH3 is 1. The van der Waals surface area contributed by atoms with Crippen molar-refractivity contribution in [3.8, 4) is 17.5 Å². The first-order valence-electron chi connectivity index (χ1n) is 8.39. The Morgan fingerprint density at radius 2 is 1.86 bits per heavy atom. The Morgan fingerprint density at radius 1 is 1.18 bits per heavy atom. The van der Waals surface area contributed by atoms with Crippen molar-refractivity contribution < 1.29 is 9.53 Å². The summed E-state index contributed by atoms with van der Waals surface area (Å²) < 4.78 is 7.40. The second-order valence-electron chi connectivity index (χ2n) is 5.70. The molecule has 0 aliphatic carbocycles. The Balaban J connectivity index is 2.42. The Morgan fingerprint density at radius 3 is 2.50 bits per heavy atom. The maximum atomic E-state index is 13.2. The lowest BCUT2D eigenvalue weighted by molar-refractivity contribution is -0.115. The molecule has 1 heterocycles.